The highest BCUT2D eigenvalue weighted by atomic mass is 79.9. The van der Waals surface area contributed by atoms with Crippen LogP contribution in [0.25, 0.3) is 0 Å². The van der Waals surface area contributed by atoms with Gasteiger partial charge >= 0.3 is 6.01 Å². The summed E-state index contributed by atoms with van der Waals surface area (Å²) >= 11 is 3.45. The molecule has 0 bridgehead atoms. The Morgan fingerprint density at radius 3 is 2.53 bits per heavy atom. The summed E-state index contributed by atoms with van der Waals surface area (Å²) in [6, 6.07) is 6.12. The lowest BCUT2D eigenvalue weighted by Gasteiger charge is -2.13. The van der Waals surface area contributed by atoms with Crippen molar-refractivity contribution in [3.63, 3.8) is 0 Å². The number of halogens is 1. The average molecular weight is 323 g/mol. The molecule has 4 nitrogen and oxygen atoms in total. The third-order valence-corrected chi connectivity index (χ3v) is 3.15. The molecule has 1 N–H and O–H groups in total. The van der Waals surface area contributed by atoms with Crippen LogP contribution in [0.3, 0.4) is 0 Å². The van der Waals surface area contributed by atoms with Crippen molar-refractivity contribution >= 4 is 15.9 Å². The summed E-state index contributed by atoms with van der Waals surface area (Å²) < 4.78 is 6.71. The Labute approximate surface area is 120 Å². The minimum atomic E-state index is -0.0736. The molecule has 19 heavy (non-hydrogen) atoms. The summed E-state index contributed by atoms with van der Waals surface area (Å²) in [7, 11) is 0. The van der Waals surface area contributed by atoms with Crippen molar-refractivity contribution in [2.24, 2.45) is 0 Å². The van der Waals surface area contributed by atoms with Gasteiger partial charge in [0.05, 0.1) is 6.61 Å². The zero-order valence-electron chi connectivity index (χ0n) is 10.8. The van der Waals surface area contributed by atoms with Crippen molar-refractivity contribution in [1.29, 1.82) is 0 Å². The molecule has 0 amide bonds. The molecule has 0 aliphatic carbocycles. The predicted molar refractivity (Wildman–Crippen MR) is 76.3 cm³/mol. The van der Waals surface area contributed by atoms with Gasteiger partial charge in [-0.25, -0.2) is 9.97 Å². The van der Waals surface area contributed by atoms with Crippen molar-refractivity contribution in [2.45, 2.75) is 26.4 Å². The van der Waals surface area contributed by atoms with Gasteiger partial charge < -0.3 is 9.84 Å². The maximum absolute atomic E-state index is 8.94. The lowest BCUT2D eigenvalue weighted by atomic mass is 10.0. The molecule has 1 aromatic carbocycles. The monoisotopic (exact) mass is 322 g/mol. The summed E-state index contributed by atoms with van der Waals surface area (Å²) in [4.78, 5) is 8.13. The van der Waals surface area contributed by atoms with E-state index in [1.165, 1.54) is 0 Å². The molecule has 0 unspecified atom stereocenters. The molecule has 0 radical (unpaired) electrons. The second-order valence-corrected chi connectivity index (χ2v) is 5.39. The molecular weight excluding hydrogens is 308 g/mol. The minimum Gasteiger partial charge on any atom is -0.424 e. The van der Waals surface area contributed by atoms with Crippen LogP contribution in [0.1, 0.15) is 30.9 Å². The van der Waals surface area contributed by atoms with Gasteiger partial charge in [0.15, 0.2) is 0 Å². The minimum absolute atomic E-state index is 0.0736. The number of aliphatic hydroxyl groups is 1. The third-order valence-electron chi connectivity index (χ3n) is 2.66. The van der Waals surface area contributed by atoms with Gasteiger partial charge in [-0.15, -0.1) is 0 Å². The van der Waals surface area contributed by atoms with Gasteiger partial charge in [-0.3, -0.25) is 0 Å². The van der Waals surface area contributed by atoms with E-state index in [9.17, 15) is 0 Å². The number of hydrogen-bond donors (Lipinski definition) is 1. The Balaban J connectivity index is 2.26. The summed E-state index contributed by atoms with van der Waals surface area (Å²) in [5.74, 6) is 1.08. The van der Waals surface area contributed by atoms with Gasteiger partial charge in [-0.1, -0.05) is 29.8 Å². The van der Waals surface area contributed by atoms with E-state index >= 15 is 0 Å². The number of aromatic nitrogens is 2. The van der Waals surface area contributed by atoms with Gasteiger partial charge in [0.1, 0.15) is 5.75 Å². The average Bonchev–Trinajstić information content (AvgIpc) is 2.41. The maximum Gasteiger partial charge on any atom is 0.321 e. The summed E-state index contributed by atoms with van der Waals surface area (Å²) in [6.45, 7) is 4.13. The number of benzene rings is 1. The molecule has 5 heteroatoms. The third kappa shape index (κ3) is 3.52. The molecule has 100 valence electrons. The normalized spacial score (nSPS) is 10.8. The molecule has 0 atom stereocenters. The summed E-state index contributed by atoms with van der Waals surface area (Å²) in [6.07, 6.45) is 3.10. The fourth-order valence-corrected chi connectivity index (χ4v) is 2.02. The number of aliphatic hydroxyl groups excluding tert-OH is 1. The van der Waals surface area contributed by atoms with Crippen LogP contribution >= 0.6 is 15.9 Å². The van der Waals surface area contributed by atoms with Crippen LogP contribution < -0.4 is 4.74 Å². The SMILES string of the molecule is CC(C)c1cc(Br)ccc1Oc1ncc(CO)cn1. The maximum atomic E-state index is 8.94. The van der Waals surface area contributed by atoms with Crippen LogP contribution in [0, 0.1) is 0 Å². The molecule has 1 aromatic heterocycles. The topological polar surface area (TPSA) is 55.2 Å². The molecule has 0 spiro atoms. The molecule has 0 saturated heterocycles. The highest BCUT2D eigenvalue weighted by Crippen LogP contribution is 2.31. The van der Waals surface area contributed by atoms with Crippen molar-refractivity contribution in [3.05, 3.63) is 46.2 Å². The van der Waals surface area contributed by atoms with Crippen molar-refractivity contribution in [1.82, 2.24) is 9.97 Å². The van der Waals surface area contributed by atoms with Crippen LogP contribution in [0.4, 0.5) is 0 Å². The molecule has 0 fully saturated rings. The van der Waals surface area contributed by atoms with Crippen molar-refractivity contribution in [2.75, 3.05) is 0 Å². The second-order valence-electron chi connectivity index (χ2n) is 4.47. The first-order valence-corrected chi connectivity index (χ1v) is 6.78. The summed E-state index contributed by atoms with van der Waals surface area (Å²) in [5, 5.41) is 8.94. The molecule has 0 aliphatic rings. The Hall–Kier alpha value is -1.46. The van der Waals surface area contributed by atoms with E-state index in [-0.39, 0.29) is 12.6 Å². The standard InChI is InChI=1S/C14H15BrN2O2/c1-9(2)12-5-11(15)3-4-13(12)19-14-16-6-10(8-18)7-17-14/h3-7,9,18H,8H2,1-2H3. The lowest BCUT2D eigenvalue weighted by molar-refractivity contribution is 0.280. The van der Waals surface area contributed by atoms with E-state index in [1.807, 2.05) is 18.2 Å². The smallest absolute Gasteiger partial charge is 0.321 e. The number of nitrogens with zero attached hydrogens (tertiary/aromatic N) is 2. The Bertz CT molecular complexity index is 556. The zero-order chi connectivity index (χ0) is 13.8. The molecule has 2 aromatic rings. The Morgan fingerprint density at radius 1 is 1.26 bits per heavy atom. The highest BCUT2D eigenvalue weighted by molar-refractivity contribution is 9.10. The van der Waals surface area contributed by atoms with Gasteiger partial charge in [-0.05, 0) is 29.7 Å². The van der Waals surface area contributed by atoms with Crippen LogP contribution in [-0.4, -0.2) is 15.1 Å². The number of ether oxygens (including phenoxy) is 1. The van der Waals surface area contributed by atoms with E-state index < -0.39 is 0 Å². The zero-order valence-corrected chi connectivity index (χ0v) is 12.4. The molecule has 0 aliphatic heterocycles. The van der Waals surface area contributed by atoms with Crippen molar-refractivity contribution < 1.29 is 9.84 Å². The molecule has 2 rings (SSSR count). The van der Waals surface area contributed by atoms with Gasteiger partial charge in [0.2, 0.25) is 0 Å². The molecule has 1 heterocycles. The van der Waals surface area contributed by atoms with Gasteiger partial charge in [0, 0.05) is 22.4 Å². The molecule has 0 saturated carbocycles. The van der Waals surface area contributed by atoms with E-state index in [4.69, 9.17) is 9.84 Å². The quantitative estimate of drug-likeness (QED) is 0.933. The fourth-order valence-electron chi connectivity index (χ4n) is 1.64. The fraction of sp³-hybridized carbons (Fsp3) is 0.286. The Morgan fingerprint density at radius 2 is 1.95 bits per heavy atom. The van der Waals surface area contributed by atoms with E-state index in [0.29, 0.717) is 11.5 Å². The van der Waals surface area contributed by atoms with E-state index in [1.54, 1.807) is 12.4 Å². The lowest BCUT2D eigenvalue weighted by Crippen LogP contribution is -1.98. The van der Waals surface area contributed by atoms with E-state index in [2.05, 4.69) is 39.7 Å². The largest absolute Gasteiger partial charge is 0.424 e. The van der Waals surface area contributed by atoms with Crippen LogP contribution in [0.5, 0.6) is 11.8 Å². The highest BCUT2D eigenvalue weighted by Gasteiger charge is 2.10. The first kappa shape index (κ1) is 14.0. The first-order chi connectivity index (χ1) is 9.10. The van der Waals surface area contributed by atoms with Crippen LogP contribution in [0.15, 0.2) is 35.1 Å². The first-order valence-electron chi connectivity index (χ1n) is 5.99. The van der Waals surface area contributed by atoms with Gasteiger partial charge in [-0.2, -0.15) is 0 Å². The van der Waals surface area contributed by atoms with Crippen LogP contribution in [0.2, 0.25) is 0 Å². The summed E-state index contributed by atoms with van der Waals surface area (Å²) in [5.41, 5.74) is 1.75. The van der Waals surface area contributed by atoms with Crippen molar-refractivity contribution in [3.8, 4) is 11.8 Å². The number of rotatable bonds is 4. The Kier molecular flexibility index (Phi) is 4.50. The predicted octanol–water partition coefficient (Wildman–Crippen LogP) is 3.65. The van der Waals surface area contributed by atoms with Gasteiger partial charge in [0.25, 0.3) is 0 Å². The van der Waals surface area contributed by atoms with Crippen LogP contribution in [-0.2, 0) is 6.61 Å². The second kappa shape index (κ2) is 6.12. The molecular formula is C14H15BrN2O2. The number of hydrogen-bond acceptors (Lipinski definition) is 4. The van der Waals surface area contributed by atoms with E-state index in [0.717, 1.165) is 15.8 Å².